The number of likely N-dealkylation sites (N-methyl/N-ethyl adjacent to an activating group) is 1. The second-order valence-corrected chi connectivity index (χ2v) is 10.1. The molecule has 218 valence electrons. The minimum atomic E-state index is -0.793. The number of carbonyl (C=O) groups is 1. The summed E-state index contributed by atoms with van der Waals surface area (Å²) in [5.41, 5.74) is 1.88. The number of amides is 1. The molecule has 41 heavy (non-hydrogen) atoms. The van der Waals surface area contributed by atoms with E-state index in [9.17, 15) is 9.59 Å². The fourth-order valence-electron chi connectivity index (χ4n) is 4.93. The summed E-state index contributed by atoms with van der Waals surface area (Å²) in [5.74, 6) is 2.40. The molecule has 1 atom stereocenters. The minimum Gasteiger partial charge on any atom is -0.497 e. The van der Waals surface area contributed by atoms with Gasteiger partial charge in [-0.05, 0) is 51.1 Å². The predicted octanol–water partition coefficient (Wildman–Crippen LogP) is 3.15. The number of nitrogens with zero attached hydrogens (tertiary/aromatic N) is 3. The van der Waals surface area contributed by atoms with Crippen LogP contribution in [-0.2, 0) is 4.79 Å². The number of aromatic nitrogens is 1. The van der Waals surface area contributed by atoms with Crippen LogP contribution in [0.4, 0.5) is 0 Å². The Bertz CT molecular complexity index is 1670. The Morgan fingerprint density at radius 2 is 1.56 bits per heavy atom. The summed E-state index contributed by atoms with van der Waals surface area (Å²) in [5, 5.41) is 0. The van der Waals surface area contributed by atoms with Crippen molar-refractivity contribution in [2.45, 2.75) is 26.8 Å². The minimum absolute atomic E-state index is 0.193. The molecule has 0 fully saturated rings. The molecule has 0 N–H and O–H groups in total. The lowest BCUT2D eigenvalue weighted by atomic mass is 9.93. The largest absolute Gasteiger partial charge is 0.497 e. The summed E-state index contributed by atoms with van der Waals surface area (Å²) in [6.45, 7) is 6.66. The van der Waals surface area contributed by atoms with Gasteiger partial charge in [0.1, 0.15) is 23.3 Å². The van der Waals surface area contributed by atoms with Crippen molar-refractivity contribution in [1.82, 2.24) is 9.47 Å². The molecule has 0 spiro atoms. The van der Waals surface area contributed by atoms with Crippen LogP contribution in [0.2, 0.25) is 0 Å². The van der Waals surface area contributed by atoms with E-state index in [0.717, 1.165) is 0 Å². The Balaban J connectivity index is 2.04. The van der Waals surface area contributed by atoms with E-state index in [1.807, 2.05) is 13.8 Å². The molecule has 0 bridgehead atoms. The zero-order valence-corrected chi connectivity index (χ0v) is 25.4. The van der Waals surface area contributed by atoms with Gasteiger partial charge < -0.3 is 28.6 Å². The Morgan fingerprint density at radius 1 is 0.927 bits per heavy atom. The van der Waals surface area contributed by atoms with Crippen LogP contribution in [-0.4, -0.2) is 64.0 Å². The number of thiazole rings is 1. The summed E-state index contributed by atoms with van der Waals surface area (Å²) in [7, 11) is 7.75. The van der Waals surface area contributed by atoms with Crippen molar-refractivity contribution in [2.24, 2.45) is 4.99 Å². The maximum absolute atomic E-state index is 14.2. The zero-order valence-electron chi connectivity index (χ0n) is 24.6. The van der Waals surface area contributed by atoms with Crippen LogP contribution in [0.1, 0.15) is 37.9 Å². The van der Waals surface area contributed by atoms with Crippen LogP contribution in [0.25, 0.3) is 6.08 Å². The maximum atomic E-state index is 14.2. The van der Waals surface area contributed by atoms with Crippen molar-refractivity contribution in [3.05, 3.63) is 72.4 Å². The number of ether oxygens (including phenoxy) is 5. The highest BCUT2D eigenvalue weighted by Gasteiger charge is 2.36. The van der Waals surface area contributed by atoms with Crippen molar-refractivity contribution in [1.29, 1.82) is 0 Å². The molecule has 1 amide bonds. The third-order valence-electron chi connectivity index (χ3n) is 7.06. The standard InChI is InChI=1S/C30H35N3O7S/c1-9-32(10-2)29(35)26-17(3)31-30-33(27(26)20-15-19(36-4)11-12-21(20)37-5)28(34)25(41-30)14-18-13-23(39-7)24(40-8)16-22(18)38-6/h11-16,27H,9-10H2,1-8H3/b25-14+/t27-/m1/s1. The van der Waals surface area contributed by atoms with Crippen LogP contribution >= 0.6 is 11.3 Å². The van der Waals surface area contributed by atoms with E-state index in [0.29, 0.717) is 73.6 Å². The Kier molecular flexibility index (Phi) is 9.07. The monoisotopic (exact) mass is 581 g/mol. The molecule has 10 nitrogen and oxygen atoms in total. The van der Waals surface area contributed by atoms with E-state index in [4.69, 9.17) is 28.7 Å². The third-order valence-corrected chi connectivity index (χ3v) is 8.04. The molecule has 2 heterocycles. The van der Waals surface area contributed by atoms with Gasteiger partial charge in [0.25, 0.3) is 11.5 Å². The Labute approximate surface area is 242 Å². The number of rotatable bonds is 10. The first kappa shape index (κ1) is 29.7. The first-order valence-electron chi connectivity index (χ1n) is 13.1. The first-order chi connectivity index (χ1) is 19.8. The molecule has 1 aliphatic rings. The number of benzene rings is 2. The molecule has 3 aromatic rings. The molecule has 0 aliphatic carbocycles. The summed E-state index contributed by atoms with van der Waals surface area (Å²) < 4.78 is 29.6. The molecule has 0 unspecified atom stereocenters. The molecular formula is C30H35N3O7S. The van der Waals surface area contributed by atoms with Gasteiger partial charge in [-0.2, -0.15) is 0 Å². The van der Waals surface area contributed by atoms with Gasteiger partial charge in [0, 0.05) is 30.3 Å². The van der Waals surface area contributed by atoms with Crippen LogP contribution < -0.4 is 38.6 Å². The zero-order chi connectivity index (χ0) is 29.8. The smallest absolute Gasteiger partial charge is 0.271 e. The van der Waals surface area contributed by atoms with Crippen molar-refractivity contribution in [3.63, 3.8) is 0 Å². The number of allylic oxidation sites excluding steroid dienone is 1. The molecule has 1 aliphatic heterocycles. The van der Waals surface area contributed by atoms with Gasteiger partial charge in [-0.1, -0.05) is 11.3 Å². The van der Waals surface area contributed by atoms with Crippen molar-refractivity contribution < 1.29 is 28.5 Å². The Morgan fingerprint density at radius 3 is 2.15 bits per heavy atom. The summed E-state index contributed by atoms with van der Waals surface area (Å²) >= 11 is 1.23. The summed E-state index contributed by atoms with van der Waals surface area (Å²) in [6, 6.07) is 8.01. The Hall–Kier alpha value is -4.25. The van der Waals surface area contributed by atoms with Crippen LogP contribution in [0, 0.1) is 0 Å². The highest BCUT2D eigenvalue weighted by molar-refractivity contribution is 7.07. The second-order valence-electron chi connectivity index (χ2n) is 9.12. The first-order valence-corrected chi connectivity index (χ1v) is 13.9. The number of methoxy groups -OCH3 is 5. The normalized spacial score (nSPS) is 14.7. The lowest BCUT2D eigenvalue weighted by Crippen LogP contribution is -2.43. The molecule has 11 heteroatoms. The van der Waals surface area contributed by atoms with E-state index in [2.05, 4.69) is 0 Å². The number of fused-ring (bicyclic) bond motifs is 1. The molecule has 4 rings (SSSR count). The quantitative estimate of drug-likeness (QED) is 0.363. The maximum Gasteiger partial charge on any atom is 0.271 e. The topological polar surface area (TPSA) is 101 Å². The summed E-state index contributed by atoms with van der Waals surface area (Å²) in [6.07, 6.45) is 1.73. The molecule has 0 radical (unpaired) electrons. The van der Waals surface area contributed by atoms with Crippen molar-refractivity contribution in [2.75, 3.05) is 48.6 Å². The van der Waals surface area contributed by atoms with E-state index >= 15 is 0 Å². The molecule has 0 saturated carbocycles. The average Bonchev–Trinajstić information content (AvgIpc) is 3.29. The predicted molar refractivity (Wildman–Crippen MR) is 157 cm³/mol. The van der Waals surface area contributed by atoms with E-state index in [1.54, 1.807) is 88.3 Å². The van der Waals surface area contributed by atoms with Gasteiger partial charge >= 0.3 is 0 Å². The van der Waals surface area contributed by atoms with Crippen molar-refractivity contribution in [3.8, 4) is 28.7 Å². The lowest BCUT2D eigenvalue weighted by Gasteiger charge is -2.30. The number of hydrogen-bond acceptors (Lipinski definition) is 9. The van der Waals surface area contributed by atoms with E-state index < -0.39 is 6.04 Å². The lowest BCUT2D eigenvalue weighted by molar-refractivity contribution is -0.127. The molecule has 2 aromatic carbocycles. The second kappa shape index (κ2) is 12.5. The highest BCUT2D eigenvalue weighted by atomic mass is 32.1. The highest BCUT2D eigenvalue weighted by Crippen LogP contribution is 2.38. The average molecular weight is 582 g/mol. The molecule has 1 aromatic heterocycles. The van der Waals surface area contributed by atoms with Crippen LogP contribution in [0.15, 0.2) is 51.4 Å². The van der Waals surface area contributed by atoms with Gasteiger partial charge in [-0.3, -0.25) is 14.2 Å². The third kappa shape index (κ3) is 5.41. The van der Waals surface area contributed by atoms with Gasteiger partial charge in [0.2, 0.25) is 0 Å². The van der Waals surface area contributed by atoms with E-state index in [1.165, 1.54) is 11.3 Å². The summed E-state index contributed by atoms with van der Waals surface area (Å²) in [4.78, 5) is 35.0. The SMILES string of the molecule is CCN(CC)C(=O)C1=C(C)N=c2s/c(=C/c3cc(OC)c(OC)cc3OC)c(=O)n2[C@@H]1c1cc(OC)ccc1OC. The van der Waals surface area contributed by atoms with Gasteiger partial charge in [0.15, 0.2) is 16.3 Å². The number of carbonyl (C=O) groups excluding carboxylic acids is 1. The van der Waals surface area contributed by atoms with Gasteiger partial charge in [-0.25, -0.2) is 4.99 Å². The van der Waals surface area contributed by atoms with Crippen LogP contribution in [0.3, 0.4) is 0 Å². The fraction of sp³-hybridized carbons (Fsp3) is 0.367. The fourth-order valence-corrected chi connectivity index (χ4v) is 5.97. The van der Waals surface area contributed by atoms with Crippen molar-refractivity contribution >= 4 is 23.3 Å². The molecule has 0 saturated heterocycles. The van der Waals surface area contributed by atoms with Crippen LogP contribution in [0.5, 0.6) is 28.7 Å². The van der Waals surface area contributed by atoms with Gasteiger partial charge in [0.05, 0.1) is 51.4 Å². The molecular weight excluding hydrogens is 546 g/mol. The van der Waals surface area contributed by atoms with E-state index in [-0.39, 0.29) is 11.5 Å². The van der Waals surface area contributed by atoms with Gasteiger partial charge in [-0.15, -0.1) is 0 Å². The number of hydrogen-bond donors (Lipinski definition) is 0.